The monoisotopic (exact) mass is 428 g/mol. The van der Waals surface area contributed by atoms with Crippen molar-refractivity contribution in [1.29, 1.82) is 0 Å². The highest BCUT2D eigenvalue weighted by molar-refractivity contribution is 6.26. The minimum atomic E-state index is -0.401. The molecule has 5 rings (SSSR count). The minimum absolute atomic E-state index is 0.401. The van der Waals surface area contributed by atoms with Crippen molar-refractivity contribution in [1.82, 2.24) is 5.01 Å². The van der Waals surface area contributed by atoms with Crippen LogP contribution in [0.1, 0.15) is 57.7 Å². The van der Waals surface area contributed by atoms with Crippen LogP contribution in [-0.4, -0.2) is 36.3 Å². The number of carbonyl (C=O) groups is 2. The lowest BCUT2D eigenvalue weighted by atomic mass is 9.92. The van der Waals surface area contributed by atoms with Gasteiger partial charge in [-0.05, 0) is 78.6 Å². The predicted octanol–water partition coefficient (Wildman–Crippen LogP) is 4.76. The second kappa shape index (κ2) is 8.11. The Labute approximate surface area is 186 Å². The number of carbonyl (C=O) groups excluding carboxylic acids is 2. The molecule has 1 heterocycles. The number of aryl methyl sites for hydroxylation is 2. The zero-order valence-corrected chi connectivity index (χ0v) is 18.2. The maximum Gasteiger partial charge on any atom is 0.282 e. The number of amides is 2. The van der Waals surface area contributed by atoms with Crippen molar-refractivity contribution in [2.75, 3.05) is 13.2 Å². The molecule has 0 spiro atoms. The van der Waals surface area contributed by atoms with E-state index in [0.717, 1.165) is 35.0 Å². The van der Waals surface area contributed by atoms with E-state index in [1.54, 1.807) is 6.07 Å². The van der Waals surface area contributed by atoms with Gasteiger partial charge in [-0.25, -0.2) is 0 Å². The Morgan fingerprint density at radius 2 is 1.56 bits per heavy atom. The maximum absolute atomic E-state index is 13.2. The standard InChI is InChI=1S/C26H24N2O4/c1-3-13-32-21-12-5-16(14-22(21)31-4-2)15-27-28-25(29)19-10-8-17-6-7-18-9-11-20(26(28)30)24(19)23(17)18/h5,8-12,14-15H,3-4,6-7,13H2,1-2H3/b27-15-. The van der Waals surface area contributed by atoms with Gasteiger partial charge in [0.1, 0.15) is 0 Å². The van der Waals surface area contributed by atoms with Gasteiger partial charge >= 0.3 is 0 Å². The molecule has 0 aromatic heterocycles. The SMILES string of the molecule is CCCOc1ccc(/C=N\N2C(=O)c3ccc4c5c(ccc(c35)C2=O)CC4)cc1OCC. The minimum Gasteiger partial charge on any atom is -0.490 e. The number of imide groups is 1. The normalized spacial score (nSPS) is 14.6. The first-order chi connectivity index (χ1) is 15.6. The fourth-order valence-electron chi connectivity index (χ4n) is 4.44. The largest absolute Gasteiger partial charge is 0.490 e. The van der Waals surface area contributed by atoms with Crippen molar-refractivity contribution >= 4 is 28.8 Å². The van der Waals surface area contributed by atoms with Gasteiger partial charge in [-0.15, -0.1) is 0 Å². The van der Waals surface area contributed by atoms with Gasteiger partial charge < -0.3 is 9.47 Å². The average Bonchev–Trinajstić information content (AvgIpc) is 3.23. The number of ether oxygens (including phenoxy) is 2. The highest BCUT2D eigenvalue weighted by Crippen LogP contribution is 2.38. The Morgan fingerprint density at radius 3 is 2.19 bits per heavy atom. The summed E-state index contributed by atoms with van der Waals surface area (Å²) in [4.78, 5) is 26.3. The third-order valence-electron chi connectivity index (χ3n) is 5.89. The third kappa shape index (κ3) is 3.23. The summed E-state index contributed by atoms with van der Waals surface area (Å²) in [6.45, 7) is 5.04. The lowest BCUT2D eigenvalue weighted by molar-refractivity contribution is 0.0616. The highest BCUT2D eigenvalue weighted by atomic mass is 16.5. The summed E-state index contributed by atoms with van der Waals surface area (Å²) in [7, 11) is 0. The van der Waals surface area contributed by atoms with E-state index in [-0.39, 0.29) is 0 Å². The van der Waals surface area contributed by atoms with E-state index in [4.69, 9.17) is 9.47 Å². The molecule has 32 heavy (non-hydrogen) atoms. The van der Waals surface area contributed by atoms with E-state index in [2.05, 4.69) is 5.10 Å². The number of hydrazone groups is 1. The van der Waals surface area contributed by atoms with Gasteiger partial charge in [0.05, 0.1) is 30.6 Å². The Morgan fingerprint density at radius 1 is 0.875 bits per heavy atom. The van der Waals surface area contributed by atoms with Crippen molar-refractivity contribution in [2.24, 2.45) is 5.10 Å². The topological polar surface area (TPSA) is 68.2 Å². The molecule has 0 saturated carbocycles. The van der Waals surface area contributed by atoms with Gasteiger partial charge in [-0.3, -0.25) is 9.59 Å². The van der Waals surface area contributed by atoms with Crippen molar-refractivity contribution in [3.63, 3.8) is 0 Å². The molecule has 0 N–H and O–H groups in total. The van der Waals surface area contributed by atoms with E-state index in [0.29, 0.717) is 41.4 Å². The second-order valence-electron chi connectivity index (χ2n) is 7.95. The fraction of sp³-hybridized carbons (Fsp3) is 0.269. The highest BCUT2D eigenvalue weighted by Gasteiger charge is 2.35. The molecule has 6 nitrogen and oxygen atoms in total. The summed E-state index contributed by atoms with van der Waals surface area (Å²) in [5, 5.41) is 7.06. The first-order valence-corrected chi connectivity index (χ1v) is 11.0. The Bertz CT molecular complexity index is 1220. The second-order valence-corrected chi connectivity index (χ2v) is 7.95. The van der Waals surface area contributed by atoms with Gasteiger partial charge in [-0.2, -0.15) is 10.1 Å². The number of nitrogens with zero attached hydrogens (tertiary/aromatic N) is 2. The van der Waals surface area contributed by atoms with E-state index >= 15 is 0 Å². The number of hydrogen-bond acceptors (Lipinski definition) is 5. The van der Waals surface area contributed by atoms with Crippen LogP contribution in [0, 0.1) is 0 Å². The molecule has 0 bridgehead atoms. The molecule has 1 aliphatic carbocycles. The van der Waals surface area contributed by atoms with Crippen LogP contribution in [0.15, 0.2) is 47.6 Å². The van der Waals surface area contributed by atoms with Crippen LogP contribution in [0.5, 0.6) is 11.5 Å². The molecular weight excluding hydrogens is 404 g/mol. The predicted molar refractivity (Wildman–Crippen MR) is 123 cm³/mol. The molecule has 0 radical (unpaired) electrons. The van der Waals surface area contributed by atoms with E-state index in [1.807, 2.05) is 50.2 Å². The lowest BCUT2D eigenvalue weighted by Crippen LogP contribution is -2.36. The quantitative estimate of drug-likeness (QED) is 0.402. The van der Waals surface area contributed by atoms with Gasteiger partial charge in [0.2, 0.25) is 0 Å². The summed E-state index contributed by atoms with van der Waals surface area (Å²) in [5.41, 5.74) is 4.16. The molecule has 0 saturated heterocycles. The van der Waals surface area contributed by atoms with Crippen molar-refractivity contribution in [2.45, 2.75) is 33.1 Å². The Kier molecular flexibility index (Phi) is 5.13. The summed E-state index contributed by atoms with van der Waals surface area (Å²) < 4.78 is 11.4. The molecule has 162 valence electrons. The van der Waals surface area contributed by atoms with E-state index < -0.39 is 11.8 Å². The van der Waals surface area contributed by atoms with Gasteiger partial charge in [0.25, 0.3) is 11.8 Å². The van der Waals surface area contributed by atoms with Gasteiger partial charge in [-0.1, -0.05) is 19.1 Å². The Balaban J connectivity index is 1.48. The van der Waals surface area contributed by atoms with Crippen LogP contribution in [0.2, 0.25) is 0 Å². The van der Waals surface area contributed by atoms with Crippen molar-refractivity contribution < 1.29 is 19.1 Å². The molecule has 3 aromatic carbocycles. The summed E-state index contributed by atoms with van der Waals surface area (Å²) >= 11 is 0. The first-order valence-electron chi connectivity index (χ1n) is 11.0. The molecule has 1 aliphatic heterocycles. The number of benzene rings is 3. The molecule has 6 heteroatoms. The van der Waals surface area contributed by atoms with Gasteiger partial charge in [0.15, 0.2) is 11.5 Å². The van der Waals surface area contributed by atoms with E-state index in [1.165, 1.54) is 17.3 Å². The van der Waals surface area contributed by atoms with Crippen LogP contribution < -0.4 is 9.47 Å². The van der Waals surface area contributed by atoms with Crippen LogP contribution >= 0.6 is 0 Å². The number of hydrogen-bond donors (Lipinski definition) is 0. The first kappa shape index (κ1) is 20.2. The molecular formula is C26H24N2O4. The van der Waals surface area contributed by atoms with Crippen LogP contribution in [-0.2, 0) is 12.8 Å². The fourth-order valence-corrected chi connectivity index (χ4v) is 4.44. The number of rotatable bonds is 7. The maximum atomic E-state index is 13.2. The van der Waals surface area contributed by atoms with Crippen LogP contribution in [0.25, 0.3) is 10.8 Å². The average molecular weight is 428 g/mol. The molecule has 0 atom stereocenters. The third-order valence-corrected chi connectivity index (χ3v) is 5.89. The summed E-state index contributed by atoms with van der Waals surface area (Å²) in [6, 6.07) is 13.1. The smallest absolute Gasteiger partial charge is 0.282 e. The lowest BCUT2D eigenvalue weighted by Gasteiger charge is -2.23. The zero-order valence-electron chi connectivity index (χ0n) is 18.2. The van der Waals surface area contributed by atoms with E-state index in [9.17, 15) is 9.59 Å². The van der Waals surface area contributed by atoms with Crippen LogP contribution in [0.3, 0.4) is 0 Å². The molecule has 0 fully saturated rings. The molecule has 2 amide bonds. The van der Waals surface area contributed by atoms with Crippen molar-refractivity contribution in [3.05, 3.63) is 70.3 Å². The Hall–Kier alpha value is -3.67. The molecule has 2 aliphatic rings. The van der Waals surface area contributed by atoms with Crippen LogP contribution in [0.4, 0.5) is 0 Å². The van der Waals surface area contributed by atoms with Gasteiger partial charge in [0, 0.05) is 5.39 Å². The summed E-state index contributed by atoms with van der Waals surface area (Å²) in [5.74, 6) is 0.466. The zero-order chi connectivity index (χ0) is 22.2. The summed E-state index contributed by atoms with van der Waals surface area (Å²) in [6.07, 6.45) is 4.29. The van der Waals surface area contributed by atoms with Crippen molar-refractivity contribution in [3.8, 4) is 11.5 Å². The molecule has 0 unspecified atom stereocenters. The molecule has 3 aromatic rings.